The van der Waals surface area contributed by atoms with Gasteiger partial charge in [0.1, 0.15) is 0 Å². The fraction of sp³-hybridized carbons (Fsp3) is 0. The Hall–Kier alpha value is -9.33. The molecule has 0 atom stereocenters. The first-order valence-corrected chi connectivity index (χ1v) is 22.8. The summed E-state index contributed by atoms with van der Waals surface area (Å²) in [6.45, 7) is 0. The summed E-state index contributed by atoms with van der Waals surface area (Å²) in [5.41, 5.74) is 14.0. The van der Waals surface area contributed by atoms with Crippen LogP contribution in [0, 0.1) is 0 Å². The summed E-state index contributed by atoms with van der Waals surface area (Å²) in [5.74, 6) is 2.43. The topological polar surface area (TPSA) is 74.3 Å². The van der Waals surface area contributed by atoms with Crippen LogP contribution in [0.5, 0.6) is 0 Å². The Morgan fingerprint density at radius 1 is 0.265 bits per heavy atom. The van der Waals surface area contributed by atoms with Crippen molar-refractivity contribution in [2.24, 2.45) is 0 Å². The maximum absolute atomic E-state index is 5.28. The summed E-state index contributed by atoms with van der Waals surface area (Å²) < 4.78 is 4.62. The van der Waals surface area contributed by atoms with Gasteiger partial charge in [0.25, 0.3) is 0 Å². The highest BCUT2D eigenvalue weighted by molar-refractivity contribution is 6.23. The molecule has 0 aliphatic carbocycles. The van der Waals surface area contributed by atoms with Crippen molar-refractivity contribution in [3.8, 4) is 79.4 Å². The monoisotopic (exact) mass is 869 g/mol. The molecule has 68 heavy (non-hydrogen) atoms. The van der Waals surface area contributed by atoms with E-state index in [1.165, 1.54) is 0 Å². The van der Waals surface area contributed by atoms with Gasteiger partial charge in [-0.25, -0.2) is 15.0 Å². The molecule has 13 rings (SSSR count). The van der Waals surface area contributed by atoms with Crippen LogP contribution in [-0.4, -0.2) is 34.1 Å². The molecule has 0 aliphatic heterocycles. The second-order valence-corrected chi connectivity index (χ2v) is 16.9. The van der Waals surface area contributed by atoms with E-state index in [9.17, 15) is 0 Å². The Labute approximate surface area is 392 Å². The van der Waals surface area contributed by atoms with Gasteiger partial charge in [0.2, 0.25) is 5.95 Å². The molecule has 0 spiro atoms. The van der Waals surface area contributed by atoms with Crippen molar-refractivity contribution >= 4 is 43.6 Å². The fourth-order valence-electron chi connectivity index (χ4n) is 9.68. The van der Waals surface area contributed by atoms with Crippen LogP contribution in [0.2, 0.25) is 0 Å². The largest absolute Gasteiger partial charge is 0.307 e. The number of benzene rings is 9. The smallest absolute Gasteiger partial charge is 0.238 e. The lowest BCUT2D eigenvalue weighted by Crippen LogP contribution is -2.07. The lowest BCUT2D eigenvalue weighted by Gasteiger charge is -2.14. The molecule has 7 heteroatoms. The van der Waals surface area contributed by atoms with Gasteiger partial charge in [0.05, 0.1) is 33.5 Å². The van der Waals surface area contributed by atoms with E-state index in [1.54, 1.807) is 0 Å². The quantitative estimate of drug-likeness (QED) is 0.152. The minimum Gasteiger partial charge on any atom is -0.307 e. The van der Waals surface area contributed by atoms with Crippen LogP contribution in [0.1, 0.15) is 0 Å². The molecule has 0 amide bonds. The third-order valence-corrected chi connectivity index (χ3v) is 12.8. The molecule has 4 heterocycles. The standard InChI is InChI=1S/C61H39N7/c1-5-19-40(20-6-1)46-27-13-14-28-47(46)53-39-52(62-58(63-53)42-21-7-2-8-22-42)41-33-35-45(36-34-41)67-54-31-17-15-29-48(54)50-37-38-51-49-30-16-18-32-55(49)68(57(51)56(50)67)61-65-59(43-23-9-3-10-24-43)64-60(66-61)44-25-11-4-12-26-44/h1-39H. The van der Waals surface area contributed by atoms with Crippen molar-refractivity contribution in [1.82, 2.24) is 34.1 Å². The summed E-state index contributed by atoms with van der Waals surface area (Å²) in [7, 11) is 0. The highest BCUT2D eigenvalue weighted by atomic mass is 15.2. The fourth-order valence-corrected chi connectivity index (χ4v) is 9.68. The maximum Gasteiger partial charge on any atom is 0.238 e. The van der Waals surface area contributed by atoms with Crippen LogP contribution in [0.4, 0.5) is 0 Å². The zero-order chi connectivity index (χ0) is 45.0. The average molecular weight is 870 g/mol. The van der Waals surface area contributed by atoms with Crippen molar-refractivity contribution in [1.29, 1.82) is 0 Å². The van der Waals surface area contributed by atoms with Crippen LogP contribution in [0.25, 0.3) is 123 Å². The van der Waals surface area contributed by atoms with E-state index < -0.39 is 0 Å². The van der Waals surface area contributed by atoms with Gasteiger partial charge in [-0.3, -0.25) is 4.57 Å². The zero-order valence-corrected chi connectivity index (χ0v) is 36.6. The average Bonchev–Trinajstić information content (AvgIpc) is 3.95. The third kappa shape index (κ3) is 6.64. The van der Waals surface area contributed by atoms with Crippen molar-refractivity contribution in [3.05, 3.63) is 237 Å². The molecular formula is C61H39N7. The van der Waals surface area contributed by atoms with Crippen LogP contribution in [0.3, 0.4) is 0 Å². The maximum atomic E-state index is 5.28. The third-order valence-electron chi connectivity index (χ3n) is 12.8. The predicted molar refractivity (Wildman–Crippen MR) is 277 cm³/mol. The van der Waals surface area contributed by atoms with E-state index in [2.05, 4.69) is 161 Å². The van der Waals surface area contributed by atoms with Crippen LogP contribution in [0.15, 0.2) is 237 Å². The van der Waals surface area contributed by atoms with Crippen molar-refractivity contribution in [2.45, 2.75) is 0 Å². The first kappa shape index (κ1) is 39.1. The number of rotatable bonds is 8. The number of fused-ring (bicyclic) bond motifs is 7. The molecule has 0 fully saturated rings. The molecule has 0 unspecified atom stereocenters. The predicted octanol–water partition coefficient (Wildman–Crippen LogP) is 14.9. The highest BCUT2D eigenvalue weighted by Crippen LogP contribution is 2.42. The molecular weight excluding hydrogens is 831 g/mol. The molecule has 0 saturated heterocycles. The van der Waals surface area contributed by atoms with Crippen molar-refractivity contribution in [3.63, 3.8) is 0 Å². The molecule has 7 nitrogen and oxygen atoms in total. The second-order valence-electron chi connectivity index (χ2n) is 16.9. The second kappa shape index (κ2) is 16.3. The normalized spacial score (nSPS) is 11.5. The molecule has 9 aromatic carbocycles. The van der Waals surface area contributed by atoms with Gasteiger partial charge in [-0.1, -0.05) is 206 Å². The first-order chi connectivity index (χ1) is 33.7. The Bertz CT molecular complexity index is 3940. The number of para-hydroxylation sites is 2. The van der Waals surface area contributed by atoms with Gasteiger partial charge in [0.15, 0.2) is 17.5 Å². The highest BCUT2D eigenvalue weighted by Gasteiger charge is 2.24. The van der Waals surface area contributed by atoms with Gasteiger partial charge >= 0.3 is 0 Å². The number of aromatic nitrogens is 7. The van der Waals surface area contributed by atoms with Gasteiger partial charge in [-0.05, 0) is 41.5 Å². The molecule has 0 aliphatic rings. The Kier molecular flexibility index (Phi) is 9.35. The molecule has 4 aromatic heterocycles. The van der Waals surface area contributed by atoms with E-state index in [4.69, 9.17) is 24.9 Å². The summed E-state index contributed by atoms with van der Waals surface area (Å²) in [6.07, 6.45) is 0. The molecule has 13 aromatic rings. The van der Waals surface area contributed by atoms with Crippen molar-refractivity contribution in [2.75, 3.05) is 0 Å². The Morgan fingerprint density at radius 2 is 0.691 bits per heavy atom. The van der Waals surface area contributed by atoms with Gasteiger partial charge in [-0.15, -0.1) is 0 Å². The van der Waals surface area contributed by atoms with Gasteiger partial charge < -0.3 is 4.57 Å². The van der Waals surface area contributed by atoms with Crippen LogP contribution >= 0.6 is 0 Å². The summed E-state index contributed by atoms with van der Waals surface area (Å²) >= 11 is 0. The lowest BCUT2D eigenvalue weighted by molar-refractivity contribution is 0.953. The summed E-state index contributed by atoms with van der Waals surface area (Å²) in [5, 5.41) is 4.50. The Morgan fingerprint density at radius 3 is 1.25 bits per heavy atom. The van der Waals surface area contributed by atoms with Crippen LogP contribution < -0.4 is 0 Å². The molecule has 0 saturated carbocycles. The van der Waals surface area contributed by atoms with Gasteiger partial charge in [-0.2, -0.15) is 9.97 Å². The van der Waals surface area contributed by atoms with E-state index in [0.29, 0.717) is 23.4 Å². The van der Waals surface area contributed by atoms with Gasteiger partial charge in [0, 0.05) is 55.0 Å². The minimum absolute atomic E-state index is 0.547. The number of nitrogens with zero attached hydrogens (tertiary/aromatic N) is 7. The van der Waals surface area contributed by atoms with E-state index >= 15 is 0 Å². The van der Waals surface area contributed by atoms with E-state index in [1.807, 2.05) is 84.9 Å². The zero-order valence-electron chi connectivity index (χ0n) is 36.6. The van der Waals surface area contributed by atoms with Crippen molar-refractivity contribution < 1.29 is 0 Å². The molecule has 318 valence electrons. The van der Waals surface area contributed by atoms with E-state index in [0.717, 1.165) is 99.6 Å². The Balaban J connectivity index is 1.03. The molecule has 0 bridgehead atoms. The van der Waals surface area contributed by atoms with Crippen LogP contribution in [-0.2, 0) is 0 Å². The number of hydrogen-bond donors (Lipinski definition) is 0. The lowest BCUT2D eigenvalue weighted by atomic mass is 9.96. The SMILES string of the molecule is c1ccc(-c2nc(-c3ccc(-n4c5ccccc5c5ccc6c7ccccc7n(-c7nc(-c8ccccc8)nc(-c8ccccc8)n7)c6c54)cc3)cc(-c3ccccc3-c3ccccc3)n2)cc1. The molecule has 0 N–H and O–H groups in total. The van der Waals surface area contributed by atoms with E-state index in [-0.39, 0.29) is 0 Å². The summed E-state index contributed by atoms with van der Waals surface area (Å²) in [6, 6.07) is 82.1. The first-order valence-electron chi connectivity index (χ1n) is 22.8. The molecule has 0 radical (unpaired) electrons. The number of hydrogen-bond acceptors (Lipinski definition) is 5. The minimum atomic E-state index is 0.547. The summed E-state index contributed by atoms with van der Waals surface area (Å²) in [4.78, 5) is 26.0.